The van der Waals surface area contributed by atoms with E-state index in [1.807, 2.05) is 0 Å². The monoisotopic (exact) mass is 547 g/mol. The summed E-state index contributed by atoms with van der Waals surface area (Å²) in [4.78, 5) is 25.9. The number of hydrazone groups is 1. The van der Waals surface area contributed by atoms with E-state index in [4.69, 9.17) is 0 Å². The molecule has 0 fully saturated rings. The van der Waals surface area contributed by atoms with E-state index in [0.717, 1.165) is 40.5 Å². The second kappa shape index (κ2) is 10.6. The van der Waals surface area contributed by atoms with Crippen LogP contribution >= 0.6 is 22.7 Å². The number of aryl methyl sites for hydroxylation is 1. The van der Waals surface area contributed by atoms with Crippen LogP contribution in [0.25, 0.3) is 10.4 Å². The summed E-state index contributed by atoms with van der Waals surface area (Å²) < 4.78 is 40.1. The molecule has 0 atom stereocenters. The number of carbonyl (C=O) groups is 2. The Bertz CT molecular complexity index is 1470. The minimum atomic E-state index is -4.45. The van der Waals surface area contributed by atoms with Crippen LogP contribution in [0.4, 0.5) is 13.2 Å². The molecule has 0 aliphatic carbocycles. The van der Waals surface area contributed by atoms with Gasteiger partial charge in [-0.3, -0.25) is 14.3 Å². The molecule has 8 nitrogen and oxygen atoms in total. The maximum Gasteiger partial charge on any atom is 0.416 e. The lowest BCUT2D eigenvalue weighted by molar-refractivity contribution is -0.137. The highest BCUT2D eigenvalue weighted by Gasteiger charge is 2.30. The van der Waals surface area contributed by atoms with Crippen molar-refractivity contribution in [2.45, 2.75) is 19.6 Å². The van der Waals surface area contributed by atoms with Gasteiger partial charge in [0.05, 0.1) is 43.7 Å². The van der Waals surface area contributed by atoms with E-state index in [1.165, 1.54) is 24.3 Å². The van der Waals surface area contributed by atoms with E-state index in [-0.39, 0.29) is 23.1 Å². The van der Waals surface area contributed by atoms with Crippen molar-refractivity contribution in [2.75, 3.05) is 0 Å². The molecule has 13 heteroatoms. The first kappa shape index (κ1) is 26.1. The number of aromatic nitrogens is 2. The Morgan fingerprint density at radius 1 is 1.08 bits per heavy atom. The van der Waals surface area contributed by atoms with Crippen molar-refractivity contribution in [2.24, 2.45) is 12.1 Å². The Balaban J connectivity index is 1.39. The second-order valence-electron chi connectivity index (χ2n) is 7.83. The van der Waals surface area contributed by atoms with Crippen LogP contribution in [-0.4, -0.2) is 32.4 Å². The normalized spacial score (nSPS) is 12.0. The van der Waals surface area contributed by atoms with Gasteiger partial charge in [0.1, 0.15) is 5.75 Å². The number of rotatable bonds is 7. The first-order chi connectivity index (χ1) is 17.5. The maximum atomic E-state index is 12.8. The van der Waals surface area contributed by atoms with Crippen molar-refractivity contribution in [3.63, 3.8) is 0 Å². The summed E-state index contributed by atoms with van der Waals surface area (Å²) in [5.74, 6) is -1.01. The van der Waals surface area contributed by atoms with Gasteiger partial charge in [-0.15, -0.1) is 22.7 Å². The molecule has 0 bridgehead atoms. The van der Waals surface area contributed by atoms with Crippen LogP contribution in [0, 0.1) is 0 Å². The Kier molecular flexibility index (Phi) is 7.45. The molecular weight excluding hydrogens is 527 g/mol. The van der Waals surface area contributed by atoms with Crippen LogP contribution in [0.2, 0.25) is 0 Å². The van der Waals surface area contributed by atoms with Crippen molar-refractivity contribution in [3.8, 4) is 16.2 Å². The Hall–Kier alpha value is -3.97. The fraction of sp³-hybridized carbons (Fsp3) is 0.167. The smallest absolute Gasteiger partial charge is 0.416 e. The minimum Gasteiger partial charge on any atom is -0.506 e. The van der Waals surface area contributed by atoms with E-state index in [0.29, 0.717) is 26.6 Å². The van der Waals surface area contributed by atoms with Crippen LogP contribution in [0.5, 0.6) is 5.75 Å². The molecule has 2 amide bonds. The Morgan fingerprint density at radius 2 is 1.76 bits per heavy atom. The number of nitrogens with one attached hydrogen (secondary N) is 2. The van der Waals surface area contributed by atoms with Gasteiger partial charge < -0.3 is 10.4 Å². The van der Waals surface area contributed by atoms with E-state index in [2.05, 4.69) is 20.9 Å². The van der Waals surface area contributed by atoms with E-state index in [1.54, 1.807) is 36.3 Å². The van der Waals surface area contributed by atoms with Crippen molar-refractivity contribution in [3.05, 3.63) is 80.6 Å². The number of benzene rings is 1. The number of thiophene rings is 2. The van der Waals surface area contributed by atoms with Gasteiger partial charge in [0.25, 0.3) is 11.8 Å². The standard InChI is InChI=1S/C24H20F3N5O3S2/c1-13(17-12-36-21(20(17)33)14-3-5-15(6-4-14)24(25,26)27)30-31-23(35)19-8-7-18(37-19)22(34)28-11-16-9-10-29-32(16)2/h3-10,12,33H,11H2,1-2H3,(H,28,34)(H,31,35)/b30-13+. The topological polar surface area (TPSA) is 109 Å². The third-order valence-corrected chi connectivity index (χ3v) is 7.46. The second-order valence-corrected chi connectivity index (χ2v) is 9.80. The first-order valence-electron chi connectivity index (χ1n) is 10.7. The Labute approximate surface area is 217 Å². The van der Waals surface area contributed by atoms with Crippen molar-refractivity contribution in [1.82, 2.24) is 20.5 Å². The molecular formula is C24H20F3N5O3S2. The zero-order valence-corrected chi connectivity index (χ0v) is 21.1. The molecule has 0 radical (unpaired) electrons. The summed E-state index contributed by atoms with van der Waals surface area (Å²) in [7, 11) is 1.77. The van der Waals surface area contributed by atoms with Crippen LogP contribution in [-0.2, 0) is 19.8 Å². The molecule has 0 saturated carbocycles. The van der Waals surface area contributed by atoms with Gasteiger partial charge in [0, 0.05) is 18.6 Å². The van der Waals surface area contributed by atoms with Crippen LogP contribution in [0.1, 0.15) is 43.1 Å². The number of aromatic hydroxyl groups is 1. The molecule has 4 rings (SSSR count). The summed E-state index contributed by atoms with van der Waals surface area (Å²) in [6.45, 7) is 1.86. The molecule has 0 spiro atoms. The zero-order chi connectivity index (χ0) is 26.7. The summed E-state index contributed by atoms with van der Waals surface area (Å²) >= 11 is 2.14. The molecule has 0 saturated heterocycles. The van der Waals surface area contributed by atoms with Gasteiger partial charge in [-0.1, -0.05) is 12.1 Å². The van der Waals surface area contributed by atoms with Gasteiger partial charge in [-0.05, 0) is 42.8 Å². The first-order valence-corrected chi connectivity index (χ1v) is 12.4. The molecule has 4 aromatic rings. The van der Waals surface area contributed by atoms with Gasteiger partial charge in [0.15, 0.2) is 0 Å². The average molecular weight is 548 g/mol. The number of carbonyl (C=O) groups excluding carboxylic acids is 2. The highest BCUT2D eigenvalue weighted by Crippen LogP contribution is 2.40. The Morgan fingerprint density at radius 3 is 2.38 bits per heavy atom. The SMILES string of the molecule is C/C(=N\NC(=O)c1ccc(C(=O)NCc2ccnn2C)s1)c1csc(-c2ccc(C(F)(F)F)cc2)c1O. The fourth-order valence-corrected chi connectivity index (χ4v) is 5.11. The highest BCUT2D eigenvalue weighted by molar-refractivity contribution is 7.16. The number of hydrogen-bond donors (Lipinski definition) is 3. The number of alkyl halides is 3. The summed E-state index contributed by atoms with van der Waals surface area (Å²) in [6, 6.07) is 9.30. The molecule has 0 aliphatic rings. The lowest BCUT2D eigenvalue weighted by Crippen LogP contribution is -2.23. The number of hydrogen-bond acceptors (Lipinski definition) is 7. The van der Waals surface area contributed by atoms with Crippen LogP contribution in [0.3, 0.4) is 0 Å². The molecule has 0 aliphatic heterocycles. The number of amides is 2. The van der Waals surface area contributed by atoms with Crippen molar-refractivity contribution < 1.29 is 27.9 Å². The van der Waals surface area contributed by atoms with Crippen LogP contribution in [0.15, 0.2) is 59.1 Å². The largest absolute Gasteiger partial charge is 0.506 e. The molecule has 3 aromatic heterocycles. The third-order valence-electron chi connectivity index (χ3n) is 5.36. The van der Waals surface area contributed by atoms with E-state index in [9.17, 15) is 27.9 Å². The molecule has 3 N–H and O–H groups in total. The van der Waals surface area contributed by atoms with Crippen molar-refractivity contribution in [1.29, 1.82) is 0 Å². The van der Waals surface area contributed by atoms with Gasteiger partial charge in [-0.2, -0.15) is 23.4 Å². The van der Waals surface area contributed by atoms with Crippen LogP contribution < -0.4 is 10.7 Å². The molecule has 192 valence electrons. The number of halogens is 3. The lowest BCUT2D eigenvalue weighted by atomic mass is 10.1. The van der Waals surface area contributed by atoms with E-state index >= 15 is 0 Å². The summed E-state index contributed by atoms with van der Waals surface area (Å²) in [5, 5.41) is 23.0. The summed E-state index contributed by atoms with van der Waals surface area (Å²) in [6.07, 6.45) is -2.82. The van der Waals surface area contributed by atoms with Gasteiger partial charge in [-0.25, -0.2) is 5.43 Å². The quantitative estimate of drug-likeness (QED) is 0.223. The van der Waals surface area contributed by atoms with Crippen molar-refractivity contribution >= 4 is 40.2 Å². The van der Waals surface area contributed by atoms with Gasteiger partial charge in [0.2, 0.25) is 0 Å². The maximum absolute atomic E-state index is 12.8. The predicted molar refractivity (Wildman–Crippen MR) is 135 cm³/mol. The average Bonchev–Trinajstić information content (AvgIpc) is 3.60. The lowest BCUT2D eigenvalue weighted by Gasteiger charge is -2.07. The third kappa shape index (κ3) is 5.89. The van der Waals surface area contributed by atoms with E-state index < -0.39 is 17.6 Å². The molecule has 37 heavy (non-hydrogen) atoms. The molecule has 1 aromatic carbocycles. The fourth-order valence-electron chi connectivity index (χ4n) is 3.29. The predicted octanol–water partition coefficient (Wildman–Crippen LogP) is 5.02. The summed E-state index contributed by atoms with van der Waals surface area (Å²) in [5.41, 5.74) is 3.49. The molecule has 0 unspecified atom stereocenters. The molecule has 3 heterocycles. The zero-order valence-electron chi connectivity index (χ0n) is 19.5. The minimum absolute atomic E-state index is 0.149. The number of nitrogens with zero attached hydrogens (tertiary/aromatic N) is 3. The highest BCUT2D eigenvalue weighted by atomic mass is 32.1. The van der Waals surface area contributed by atoms with Gasteiger partial charge >= 0.3 is 6.18 Å².